The standard InChI is InChI=1S/C25H32N6O.C13H14N2O2/c1-17-22(21-15-23(27-28-25(21)26)20-9-5-6-10-24(20)32)16-31(29-17)19-11-13-30(14-12-19)18-7-3-2-4-8-18;16-12-6-5-11(13(17)14-12)15-8-7-9-3-1-2-4-10(9)15/h5-6,9-10,15-16,18-19,32H,2-4,7-8,11-14H2,1H3,(H2,26,28);1-4,11H,5-8H2,(H,14,16,17). The minimum Gasteiger partial charge on any atom is -0.507 e. The number of carbonyl (C=O) groups excluding carboxylic acids is 2. The van der Waals surface area contributed by atoms with Crippen LogP contribution in [-0.4, -0.2) is 73.5 Å². The van der Waals surface area contributed by atoms with E-state index in [9.17, 15) is 14.7 Å². The van der Waals surface area contributed by atoms with Crippen LogP contribution in [0, 0.1) is 6.92 Å². The van der Waals surface area contributed by atoms with Gasteiger partial charge in [0.2, 0.25) is 11.8 Å². The Bertz CT molecular complexity index is 1810. The molecule has 11 heteroatoms. The Labute approximate surface area is 287 Å². The number of aryl methyl sites for hydroxylation is 1. The molecule has 49 heavy (non-hydrogen) atoms. The first-order valence-corrected chi connectivity index (χ1v) is 17.8. The number of nitrogens with two attached hydrogens (primary N) is 1. The van der Waals surface area contributed by atoms with Gasteiger partial charge >= 0.3 is 0 Å². The highest BCUT2D eigenvalue weighted by atomic mass is 16.3. The zero-order chi connectivity index (χ0) is 33.9. The molecule has 11 nitrogen and oxygen atoms in total. The van der Waals surface area contributed by atoms with Crippen molar-refractivity contribution in [1.82, 2.24) is 30.2 Å². The van der Waals surface area contributed by atoms with Crippen LogP contribution in [0.5, 0.6) is 5.75 Å². The number of phenols is 1. The number of carbonyl (C=O) groups is 2. The molecule has 1 atom stereocenters. The Kier molecular flexibility index (Phi) is 9.61. The number of rotatable bonds is 5. The van der Waals surface area contributed by atoms with E-state index in [-0.39, 0.29) is 23.6 Å². The molecule has 3 fully saturated rings. The molecule has 4 aromatic rings. The maximum atomic E-state index is 11.8. The minimum absolute atomic E-state index is 0.154. The lowest BCUT2D eigenvalue weighted by molar-refractivity contribution is -0.134. The number of aromatic nitrogens is 4. The van der Waals surface area contributed by atoms with Gasteiger partial charge < -0.3 is 20.6 Å². The van der Waals surface area contributed by atoms with Crippen molar-refractivity contribution in [3.63, 3.8) is 0 Å². The fourth-order valence-corrected chi connectivity index (χ4v) is 8.00. The topological polar surface area (TPSA) is 142 Å². The number of piperidine rings is 2. The van der Waals surface area contributed by atoms with E-state index in [2.05, 4.69) is 42.3 Å². The van der Waals surface area contributed by atoms with E-state index in [0.29, 0.717) is 36.0 Å². The number of nitrogens with one attached hydrogen (secondary N) is 1. The van der Waals surface area contributed by atoms with Gasteiger partial charge in [0.15, 0.2) is 5.82 Å². The molecule has 0 spiro atoms. The average Bonchev–Trinajstić information content (AvgIpc) is 3.73. The van der Waals surface area contributed by atoms with Gasteiger partial charge in [-0.25, -0.2) is 0 Å². The summed E-state index contributed by atoms with van der Waals surface area (Å²) in [6.07, 6.45) is 13.3. The second-order valence-corrected chi connectivity index (χ2v) is 13.8. The third-order valence-electron chi connectivity index (χ3n) is 10.7. The third-order valence-corrected chi connectivity index (χ3v) is 10.7. The number of anilines is 2. The lowest BCUT2D eigenvalue weighted by atomic mass is 9.92. The zero-order valence-corrected chi connectivity index (χ0v) is 28.2. The molecule has 0 radical (unpaired) electrons. The number of phenolic OH excluding ortho intramolecular Hbond substituents is 1. The summed E-state index contributed by atoms with van der Waals surface area (Å²) in [4.78, 5) is 27.8. The van der Waals surface area contributed by atoms with Crippen LogP contribution in [0.1, 0.15) is 75.1 Å². The number of amides is 2. The first-order chi connectivity index (χ1) is 23.9. The first kappa shape index (κ1) is 32.8. The smallest absolute Gasteiger partial charge is 0.249 e. The molecule has 1 unspecified atom stereocenters. The number of imide groups is 1. The zero-order valence-electron chi connectivity index (χ0n) is 28.2. The number of hydrogen-bond donors (Lipinski definition) is 3. The fourth-order valence-electron chi connectivity index (χ4n) is 8.00. The number of nitrogen functional groups attached to an aromatic ring is 1. The number of fused-ring (bicyclic) bond motifs is 1. The summed E-state index contributed by atoms with van der Waals surface area (Å²) >= 11 is 0. The fraction of sp³-hybridized carbons (Fsp3) is 0.447. The molecule has 2 aromatic carbocycles. The molecular weight excluding hydrogens is 616 g/mol. The molecule has 1 saturated carbocycles. The molecule has 3 aliphatic heterocycles. The van der Waals surface area contributed by atoms with Crippen molar-refractivity contribution in [3.8, 4) is 28.1 Å². The van der Waals surface area contributed by atoms with Gasteiger partial charge in [0, 0.05) is 60.7 Å². The number of nitrogens with zero attached hydrogens (tertiary/aromatic N) is 6. The van der Waals surface area contributed by atoms with Crippen LogP contribution in [0.3, 0.4) is 0 Å². The Balaban J connectivity index is 0.000000186. The highest BCUT2D eigenvalue weighted by Gasteiger charge is 2.34. The maximum absolute atomic E-state index is 11.8. The van der Waals surface area contributed by atoms with Gasteiger partial charge in [-0.1, -0.05) is 49.6 Å². The van der Waals surface area contributed by atoms with Crippen LogP contribution < -0.4 is 16.0 Å². The van der Waals surface area contributed by atoms with Crippen molar-refractivity contribution in [2.75, 3.05) is 30.3 Å². The van der Waals surface area contributed by atoms with Crippen molar-refractivity contribution in [3.05, 3.63) is 72.1 Å². The Morgan fingerprint density at radius 1 is 0.816 bits per heavy atom. The van der Waals surface area contributed by atoms with Gasteiger partial charge in [-0.05, 0) is 75.3 Å². The van der Waals surface area contributed by atoms with E-state index in [0.717, 1.165) is 67.4 Å². The van der Waals surface area contributed by atoms with Gasteiger partial charge in [-0.3, -0.25) is 19.6 Å². The predicted molar refractivity (Wildman–Crippen MR) is 190 cm³/mol. The predicted octanol–water partition coefficient (Wildman–Crippen LogP) is 5.43. The third kappa shape index (κ3) is 7.03. The molecule has 0 bridgehead atoms. The number of para-hydroxylation sites is 2. The lowest BCUT2D eigenvalue weighted by Crippen LogP contribution is -2.52. The van der Waals surface area contributed by atoms with Crippen LogP contribution >= 0.6 is 0 Å². The molecule has 1 aliphatic carbocycles. The number of aromatic hydroxyl groups is 1. The highest BCUT2D eigenvalue weighted by molar-refractivity contribution is 6.02. The van der Waals surface area contributed by atoms with Crippen LogP contribution in [-0.2, 0) is 16.0 Å². The van der Waals surface area contributed by atoms with Crippen LogP contribution in [0.15, 0.2) is 60.8 Å². The number of likely N-dealkylation sites (tertiary alicyclic amines) is 1. The van der Waals surface area contributed by atoms with Crippen molar-refractivity contribution < 1.29 is 14.7 Å². The van der Waals surface area contributed by atoms with E-state index in [1.807, 2.05) is 43.3 Å². The van der Waals surface area contributed by atoms with Gasteiger partial charge in [0.1, 0.15) is 11.8 Å². The molecule has 2 saturated heterocycles. The second-order valence-electron chi connectivity index (χ2n) is 13.8. The number of hydrogen-bond acceptors (Lipinski definition) is 9. The quantitative estimate of drug-likeness (QED) is 0.239. The van der Waals surface area contributed by atoms with Crippen LogP contribution in [0.4, 0.5) is 11.5 Å². The summed E-state index contributed by atoms with van der Waals surface area (Å²) in [6, 6.07) is 18.2. The summed E-state index contributed by atoms with van der Waals surface area (Å²) < 4.78 is 2.13. The molecular formula is C38H46N8O3. The second kappa shape index (κ2) is 14.4. The van der Waals surface area contributed by atoms with E-state index >= 15 is 0 Å². The molecule has 5 heterocycles. The SMILES string of the molecule is Cc1nn(C2CCN(C3CCCCC3)CC2)cc1-c1cc(-c2ccccc2O)nnc1N.O=C1CCC(N2CCc3ccccc32)C(=O)N1. The van der Waals surface area contributed by atoms with Gasteiger partial charge in [0.25, 0.3) is 0 Å². The molecule has 256 valence electrons. The molecule has 4 aliphatic rings. The summed E-state index contributed by atoms with van der Waals surface area (Å²) in [5.41, 5.74) is 12.6. The molecule has 4 N–H and O–H groups in total. The van der Waals surface area contributed by atoms with E-state index in [4.69, 9.17) is 10.8 Å². The van der Waals surface area contributed by atoms with Crippen LogP contribution in [0.2, 0.25) is 0 Å². The lowest BCUT2D eigenvalue weighted by Gasteiger charge is -2.39. The van der Waals surface area contributed by atoms with Gasteiger partial charge in [-0.15, -0.1) is 10.2 Å². The van der Waals surface area contributed by atoms with Crippen molar-refractivity contribution in [2.45, 2.75) is 89.3 Å². The highest BCUT2D eigenvalue weighted by Crippen LogP contribution is 2.35. The van der Waals surface area contributed by atoms with E-state index < -0.39 is 0 Å². The summed E-state index contributed by atoms with van der Waals surface area (Å²) in [5.74, 6) is 0.241. The summed E-state index contributed by atoms with van der Waals surface area (Å²) in [7, 11) is 0. The molecule has 2 amide bonds. The molecule has 8 rings (SSSR count). The monoisotopic (exact) mass is 662 g/mol. The summed E-state index contributed by atoms with van der Waals surface area (Å²) in [5, 5.41) is 25.9. The largest absolute Gasteiger partial charge is 0.507 e. The molecule has 2 aromatic heterocycles. The normalized spacial score (nSPS) is 20.4. The van der Waals surface area contributed by atoms with Crippen molar-refractivity contribution in [1.29, 1.82) is 0 Å². The maximum Gasteiger partial charge on any atom is 0.249 e. The van der Waals surface area contributed by atoms with E-state index in [1.54, 1.807) is 12.1 Å². The average molecular weight is 663 g/mol. The minimum atomic E-state index is -0.184. The van der Waals surface area contributed by atoms with Gasteiger partial charge in [-0.2, -0.15) is 5.10 Å². The van der Waals surface area contributed by atoms with Crippen molar-refractivity contribution in [2.24, 2.45) is 0 Å². The Morgan fingerprint density at radius 3 is 2.35 bits per heavy atom. The first-order valence-electron chi connectivity index (χ1n) is 17.8. The summed E-state index contributed by atoms with van der Waals surface area (Å²) in [6.45, 7) is 5.19. The van der Waals surface area contributed by atoms with Gasteiger partial charge in [0.05, 0.1) is 17.4 Å². The van der Waals surface area contributed by atoms with E-state index in [1.165, 1.54) is 37.7 Å². The Hall–Kier alpha value is -4.77. The Morgan fingerprint density at radius 2 is 1.57 bits per heavy atom. The number of benzene rings is 2. The van der Waals surface area contributed by atoms with Crippen molar-refractivity contribution >= 4 is 23.3 Å². The van der Waals surface area contributed by atoms with Crippen LogP contribution in [0.25, 0.3) is 22.4 Å².